The summed E-state index contributed by atoms with van der Waals surface area (Å²) >= 11 is 6.05. The molecule has 0 bridgehead atoms. The highest BCUT2D eigenvalue weighted by atomic mass is 35.5. The molecule has 0 amide bonds. The van der Waals surface area contributed by atoms with Crippen LogP contribution in [0.1, 0.15) is 31.9 Å². The van der Waals surface area contributed by atoms with Gasteiger partial charge in [-0.2, -0.15) is 0 Å². The zero-order chi connectivity index (χ0) is 12.4. The van der Waals surface area contributed by atoms with E-state index in [0.717, 1.165) is 12.0 Å². The van der Waals surface area contributed by atoms with Gasteiger partial charge in [-0.05, 0) is 32.4 Å². The molecule has 3 atom stereocenters. The molecule has 0 saturated carbocycles. The van der Waals surface area contributed by atoms with Crippen LogP contribution in [0, 0.1) is 5.82 Å². The van der Waals surface area contributed by atoms with Gasteiger partial charge in [0, 0.05) is 23.2 Å². The summed E-state index contributed by atoms with van der Waals surface area (Å²) in [4.78, 5) is 0. The van der Waals surface area contributed by atoms with E-state index in [9.17, 15) is 4.39 Å². The van der Waals surface area contributed by atoms with Crippen molar-refractivity contribution in [3.05, 3.63) is 34.6 Å². The average molecular weight is 258 g/mol. The number of rotatable bonds is 1. The zero-order valence-electron chi connectivity index (χ0n) is 10.0. The number of halogens is 2. The van der Waals surface area contributed by atoms with Crippen molar-refractivity contribution in [1.82, 2.24) is 5.32 Å². The van der Waals surface area contributed by atoms with Gasteiger partial charge in [0.05, 0.1) is 12.2 Å². The monoisotopic (exact) mass is 257 g/mol. The maximum absolute atomic E-state index is 13.0. The van der Waals surface area contributed by atoms with E-state index in [1.54, 1.807) is 6.07 Å². The second-order valence-electron chi connectivity index (χ2n) is 4.65. The predicted molar refractivity (Wildman–Crippen MR) is 66.8 cm³/mol. The van der Waals surface area contributed by atoms with Gasteiger partial charge >= 0.3 is 0 Å². The molecule has 94 valence electrons. The van der Waals surface area contributed by atoms with Crippen LogP contribution in [0.4, 0.5) is 4.39 Å². The smallest absolute Gasteiger partial charge is 0.124 e. The summed E-state index contributed by atoms with van der Waals surface area (Å²) in [5, 5.41) is 3.82. The fourth-order valence-electron chi connectivity index (χ4n) is 2.22. The summed E-state index contributed by atoms with van der Waals surface area (Å²) in [6, 6.07) is 4.88. The molecule has 0 aliphatic carbocycles. The highest BCUT2D eigenvalue weighted by Crippen LogP contribution is 2.29. The summed E-state index contributed by atoms with van der Waals surface area (Å²) in [7, 11) is 0. The van der Waals surface area contributed by atoms with E-state index in [1.165, 1.54) is 12.1 Å². The molecule has 4 heteroatoms. The van der Waals surface area contributed by atoms with Crippen LogP contribution in [-0.4, -0.2) is 18.7 Å². The molecule has 0 spiro atoms. The Bertz CT molecular complexity index is 399. The molecule has 1 fully saturated rings. The molecule has 0 aromatic heterocycles. The van der Waals surface area contributed by atoms with E-state index in [2.05, 4.69) is 12.2 Å². The first kappa shape index (κ1) is 12.8. The Labute approximate surface area is 106 Å². The van der Waals surface area contributed by atoms with Crippen LogP contribution in [0.15, 0.2) is 18.2 Å². The van der Waals surface area contributed by atoms with Crippen LogP contribution in [0.2, 0.25) is 5.02 Å². The van der Waals surface area contributed by atoms with E-state index in [-0.39, 0.29) is 18.0 Å². The zero-order valence-corrected chi connectivity index (χ0v) is 10.8. The van der Waals surface area contributed by atoms with Crippen molar-refractivity contribution in [1.29, 1.82) is 0 Å². The van der Waals surface area contributed by atoms with Crippen molar-refractivity contribution in [3.63, 3.8) is 0 Å². The number of hydrogen-bond acceptors (Lipinski definition) is 2. The van der Waals surface area contributed by atoms with Crippen molar-refractivity contribution >= 4 is 11.6 Å². The molecule has 1 N–H and O–H groups in total. The first-order valence-electron chi connectivity index (χ1n) is 5.90. The molecule has 3 unspecified atom stereocenters. The van der Waals surface area contributed by atoms with Gasteiger partial charge in [0.2, 0.25) is 0 Å². The molecule has 2 nitrogen and oxygen atoms in total. The lowest BCUT2D eigenvalue weighted by Gasteiger charge is -2.19. The molecule has 17 heavy (non-hydrogen) atoms. The Hall–Kier alpha value is -0.640. The Morgan fingerprint density at radius 3 is 2.88 bits per heavy atom. The number of nitrogens with one attached hydrogen (secondary N) is 1. The minimum atomic E-state index is -0.318. The van der Waals surface area contributed by atoms with Crippen LogP contribution >= 0.6 is 11.6 Å². The van der Waals surface area contributed by atoms with Crippen LogP contribution in [0.5, 0.6) is 0 Å². The number of hydrogen-bond donors (Lipinski definition) is 1. The van der Waals surface area contributed by atoms with Gasteiger partial charge in [-0.3, -0.25) is 0 Å². The summed E-state index contributed by atoms with van der Waals surface area (Å²) in [6.45, 7) is 4.89. The Kier molecular flexibility index (Phi) is 4.02. The van der Waals surface area contributed by atoms with Gasteiger partial charge in [0.15, 0.2) is 0 Å². The van der Waals surface area contributed by atoms with E-state index in [1.807, 2.05) is 6.92 Å². The highest BCUT2D eigenvalue weighted by Gasteiger charge is 2.23. The molecule has 1 saturated heterocycles. The van der Waals surface area contributed by atoms with Crippen molar-refractivity contribution in [2.45, 2.75) is 38.5 Å². The quantitative estimate of drug-likeness (QED) is 0.834. The number of benzene rings is 1. The molecule has 1 aliphatic heterocycles. The third-order valence-corrected chi connectivity index (χ3v) is 3.37. The summed E-state index contributed by atoms with van der Waals surface area (Å²) in [6.07, 6.45) is 1.03. The van der Waals surface area contributed by atoms with Crippen molar-refractivity contribution in [2.24, 2.45) is 0 Å². The fraction of sp³-hybridized carbons (Fsp3) is 0.538. The molecule has 1 aromatic rings. The first-order chi connectivity index (χ1) is 8.06. The molecule has 1 aromatic carbocycles. The first-order valence-corrected chi connectivity index (χ1v) is 6.28. The lowest BCUT2D eigenvalue weighted by molar-refractivity contribution is 0.00721. The Balaban J connectivity index is 2.20. The van der Waals surface area contributed by atoms with Crippen LogP contribution in [-0.2, 0) is 4.74 Å². The Morgan fingerprint density at radius 1 is 1.41 bits per heavy atom. The molecule has 2 rings (SSSR count). The molecule has 0 radical (unpaired) electrons. The maximum Gasteiger partial charge on any atom is 0.124 e. The summed E-state index contributed by atoms with van der Waals surface area (Å²) < 4.78 is 18.9. The summed E-state index contributed by atoms with van der Waals surface area (Å²) in [5.74, 6) is -0.318. The third kappa shape index (κ3) is 3.18. The second-order valence-corrected chi connectivity index (χ2v) is 5.05. The fourth-order valence-corrected chi connectivity index (χ4v) is 2.51. The van der Waals surface area contributed by atoms with Crippen LogP contribution in [0.25, 0.3) is 0 Å². The molecule has 1 aliphatic rings. The second kappa shape index (κ2) is 5.34. The van der Waals surface area contributed by atoms with Crippen LogP contribution in [0.3, 0.4) is 0 Å². The predicted octanol–water partition coefficient (Wildman–Crippen LogP) is 3.31. The SMILES string of the molecule is CC1CC(C)OC(c2ccc(F)cc2Cl)CN1. The average Bonchev–Trinajstić information content (AvgIpc) is 2.39. The van der Waals surface area contributed by atoms with Gasteiger partial charge < -0.3 is 10.1 Å². The number of ether oxygens (including phenoxy) is 1. The van der Waals surface area contributed by atoms with Crippen molar-refractivity contribution in [2.75, 3.05) is 6.54 Å². The minimum Gasteiger partial charge on any atom is -0.369 e. The van der Waals surface area contributed by atoms with E-state index >= 15 is 0 Å². The van der Waals surface area contributed by atoms with Crippen LogP contribution < -0.4 is 5.32 Å². The topological polar surface area (TPSA) is 21.3 Å². The summed E-state index contributed by atoms with van der Waals surface area (Å²) in [5.41, 5.74) is 0.849. The van der Waals surface area contributed by atoms with Crippen molar-refractivity contribution < 1.29 is 9.13 Å². The van der Waals surface area contributed by atoms with Gasteiger partial charge in [0.1, 0.15) is 5.82 Å². The minimum absolute atomic E-state index is 0.108. The van der Waals surface area contributed by atoms with E-state index in [0.29, 0.717) is 17.6 Å². The molecular weight excluding hydrogens is 241 g/mol. The van der Waals surface area contributed by atoms with Crippen molar-refractivity contribution in [3.8, 4) is 0 Å². The van der Waals surface area contributed by atoms with E-state index in [4.69, 9.17) is 16.3 Å². The largest absolute Gasteiger partial charge is 0.369 e. The Morgan fingerprint density at radius 2 is 2.18 bits per heavy atom. The van der Waals surface area contributed by atoms with Gasteiger partial charge in [0.25, 0.3) is 0 Å². The van der Waals surface area contributed by atoms with Gasteiger partial charge in [-0.25, -0.2) is 4.39 Å². The third-order valence-electron chi connectivity index (χ3n) is 3.04. The standard InChI is InChI=1S/C13H17ClFNO/c1-8-5-9(2)17-13(7-16-8)11-4-3-10(15)6-12(11)14/h3-4,6,8-9,13,16H,5,7H2,1-2H3. The lowest BCUT2D eigenvalue weighted by Crippen LogP contribution is -2.28. The molecule has 1 heterocycles. The highest BCUT2D eigenvalue weighted by molar-refractivity contribution is 6.31. The lowest BCUT2D eigenvalue weighted by atomic mass is 10.1. The maximum atomic E-state index is 13.0. The normalized spacial score (nSPS) is 30.0. The van der Waals surface area contributed by atoms with Gasteiger partial charge in [-0.15, -0.1) is 0 Å². The molecular formula is C13H17ClFNO. The van der Waals surface area contributed by atoms with Gasteiger partial charge in [-0.1, -0.05) is 17.7 Å². The van der Waals surface area contributed by atoms with E-state index < -0.39 is 0 Å².